The lowest BCUT2D eigenvalue weighted by molar-refractivity contribution is 0.194. The molecule has 118 valence electrons. The number of piperazine rings is 1. The van der Waals surface area contributed by atoms with E-state index in [0.717, 1.165) is 12.1 Å². The number of anilines is 1. The molecule has 7 heteroatoms. The standard InChI is InChI=1S/C15H20N4O3/c1-2-6-16-14(20)19-9-7-18(8-10-19)12-5-3-4-11-13(12)22-15(21)17-11/h3-5H,2,6-10H2,1H3,(H,16,20)(H,17,21). The van der Waals surface area contributed by atoms with Gasteiger partial charge in [-0.2, -0.15) is 0 Å². The average Bonchev–Trinajstić information content (AvgIpc) is 2.92. The maximum Gasteiger partial charge on any atom is 0.417 e. The lowest BCUT2D eigenvalue weighted by atomic mass is 10.2. The molecule has 0 aliphatic carbocycles. The normalized spacial score (nSPS) is 15.3. The van der Waals surface area contributed by atoms with Crippen molar-refractivity contribution >= 4 is 22.8 Å². The van der Waals surface area contributed by atoms with Crippen LogP contribution in [-0.2, 0) is 0 Å². The molecule has 1 fully saturated rings. The Hall–Kier alpha value is -2.44. The predicted molar refractivity (Wildman–Crippen MR) is 84.3 cm³/mol. The van der Waals surface area contributed by atoms with Crippen molar-refractivity contribution in [2.45, 2.75) is 13.3 Å². The van der Waals surface area contributed by atoms with Gasteiger partial charge in [0, 0.05) is 32.7 Å². The molecule has 1 aliphatic rings. The van der Waals surface area contributed by atoms with Gasteiger partial charge in [0.1, 0.15) is 0 Å². The van der Waals surface area contributed by atoms with E-state index in [2.05, 4.69) is 15.2 Å². The van der Waals surface area contributed by atoms with Crippen LogP contribution in [0, 0.1) is 0 Å². The first kappa shape index (κ1) is 14.5. The third kappa shape index (κ3) is 2.79. The van der Waals surface area contributed by atoms with Gasteiger partial charge in [-0.15, -0.1) is 0 Å². The molecule has 0 radical (unpaired) electrons. The van der Waals surface area contributed by atoms with Crippen LogP contribution < -0.4 is 16.0 Å². The Labute approximate surface area is 127 Å². The molecule has 1 aromatic heterocycles. The summed E-state index contributed by atoms with van der Waals surface area (Å²) in [5, 5.41) is 2.89. The fourth-order valence-corrected chi connectivity index (χ4v) is 2.70. The van der Waals surface area contributed by atoms with Crippen molar-refractivity contribution in [2.24, 2.45) is 0 Å². The number of nitrogens with one attached hydrogen (secondary N) is 2. The first-order valence-electron chi connectivity index (χ1n) is 7.58. The van der Waals surface area contributed by atoms with Crippen molar-refractivity contribution in [1.29, 1.82) is 0 Å². The van der Waals surface area contributed by atoms with Crippen LogP contribution in [0.5, 0.6) is 0 Å². The van der Waals surface area contributed by atoms with Crippen LogP contribution in [0.4, 0.5) is 10.5 Å². The largest absolute Gasteiger partial charge is 0.417 e. The number of hydrogen-bond donors (Lipinski definition) is 2. The van der Waals surface area contributed by atoms with Gasteiger partial charge >= 0.3 is 11.8 Å². The Morgan fingerprint density at radius 2 is 2.09 bits per heavy atom. The van der Waals surface area contributed by atoms with E-state index in [-0.39, 0.29) is 6.03 Å². The van der Waals surface area contributed by atoms with Crippen LogP contribution in [0.3, 0.4) is 0 Å². The van der Waals surface area contributed by atoms with Crippen LogP contribution in [0.25, 0.3) is 11.1 Å². The molecule has 2 heterocycles. The summed E-state index contributed by atoms with van der Waals surface area (Å²) in [7, 11) is 0. The molecule has 1 saturated heterocycles. The van der Waals surface area contributed by atoms with Crippen molar-refractivity contribution in [3.05, 3.63) is 28.7 Å². The van der Waals surface area contributed by atoms with Crippen molar-refractivity contribution in [2.75, 3.05) is 37.6 Å². The summed E-state index contributed by atoms with van der Waals surface area (Å²) >= 11 is 0. The number of fused-ring (bicyclic) bond motifs is 1. The zero-order valence-corrected chi connectivity index (χ0v) is 12.6. The molecule has 1 aliphatic heterocycles. The fourth-order valence-electron chi connectivity index (χ4n) is 2.70. The number of aromatic nitrogens is 1. The summed E-state index contributed by atoms with van der Waals surface area (Å²) in [5.41, 5.74) is 2.17. The molecular formula is C15H20N4O3. The lowest BCUT2D eigenvalue weighted by Gasteiger charge is -2.35. The van der Waals surface area contributed by atoms with Crippen molar-refractivity contribution in [1.82, 2.24) is 15.2 Å². The van der Waals surface area contributed by atoms with Crippen molar-refractivity contribution < 1.29 is 9.21 Å². The second kappa shape index (κ2) is 6.13. The van der Waals surface area contributed by atoms with Gasteiger partial charge < -0.3 is 19.5 Å². The van der Waals surface area contributed by atoms with Crippen LogP contribution in [-0.4, -0.2) is 48.6 Å². The number of oxazole rings is 1. The third-order valence-corrected chi connectivity index (χ3v) is 3.86. The Kier molecular flexibility index (Phi) is 4.04. The number of rotatable bonds is 3. The molecule has 3 rings (SSSR count). The fraction of sp³-hybridized carbons (Fsp3) is 0.467. The third-order valence-electron chi connectivity index (χ3n) is 3.86. The van der Waals surface area contributed by atoms with E-state index in [1.807, 2.05) is 30.0 Å². The van der Waals surface area contributed by atoms with Crippen LogP contribution in [0.15, 0.2) is 27.4 Å². The van der Waals surface area contributed by atoms with E-state index in [1.54, 1.807) is 0 Å². The molecule has 7 nitrogen and oxygen atoms in total. The second-order valence-corrected chi connectivity index (χ2v) is 5.37. The van der Waals surface area contributed by atoms with Gasteiger partial charge in [-0.1, -0.05) is 13.0 Å². The summed E-state index contributed by atoms with van der Waals surface area (Å²) in [4.78, 5) is 29.9. The molecule has 0 unspecified atom stereocenters. The maximum atomic E-state index is 11.9. The van der Waals surface area contributed by atoms with Gasteiger partial charge in [0.2, 0.25) is 0 Å². The van der Waals surface area contributed by atoms with E-state index in [4.69, 9.17) is 4.42 Å². The average molecular weight is 304 g/mol. The Balaban J connectivity index is 1.70. The maximum absolute atomic E-state index is 11.9. The number of carbonyl (C=O) groups excluding carboxylic acids is 1. The number of H-pyrrole nitrogens is 1. The van der Waals surface area contributed by atoms with Crippen molar-refractivity contribution in [3.8, 4) is 0 Å². The quantitative estimate of drug-likeness (QED) is 0.897. The Morgan fingerprint density at radius 3 is 2.82 bits per heavy atom. The minimum atomic E-state index is -0.444. The van der Waals surface area contributed by atoms with Gasteiger partial charge in [-0.05, 0) is 18.6 Å². The van der Waals surface area contributed by atoms with E-state index >= 15 is 0 Å². The summed E-state index contributed by atoms with van der Waals surface area (Å²) < 4.78 is 5.23. The van der Waals surface area contributed by atoms with Crippen molar-refractivity contribution in [3.63, 3.8) is 0 Å². The second-order valence-electron chi connectivity index (χ2n) is 5.37. The highest BCUT2D eigenvalue weighted by atomic mass is 16.4. The van der Waals surface area contributed by atoms with Gasteiger partial charge in [0.25, 0.3) is 0 Å². The van der Waals surface area contributed by atoms with Gasteiger partial charge in [0.05, 0.1) is 11.2 Å². The van der Waals surface area contributed by atoms with Crippen LogP contribution >= 0.6 is 0 Å². The van der Waals surface area contributed by atoms with Gasteiger partial charge in [-0.3, -0.25) is 4.98 Å². The molecule has 0 spiro atoms. The van der Waals surface area contributed by atoms with E-state index in [0.29, 0.717) is 43.8 Å². The first-order valence-corrected chi connectivity index (χ1v) is 7.58. The topological polar surface area (TPSA) is 81.6 Å². The van der Waals surface area contributed by atoms with Gasteiger partial charge in [-0.25, -0.2) is 9.59 Å². The summed E-state index contributed by atoms with van der Waals surface area (Å²) in [5.74, 6) is -0.444. The number of hydrogen-bond acceptors (Lipinski definition) is 4. The Bertz CT molecular complexity index is 713. The van der Waals surface area contributed by atoms with Crippen LogP contribution in [0.1, 0.15) is 13.3 Å². The smallest absolute Gasteiger partial charge is 0.406 e. The molecule has 0 atom stereocenters. The summed E-state index contributed by atoms with van der Waals surface area (Å²) in [6.45, 7) is 5.47. The monoisotopic (exact) mass is 304 g/mol. The summed E-state index contributed by atoms with van der Waals surface area (Å²) in [6, 6.07) is 5.64. The molecule has 2 amide bonds. The van der Waals surface area contributed by atoms with E-state index in [9.17, 15) is 9.59 Å². The Morgan fingerprint density at radius 1 is 1.32 bits per heavy atom. The minimum absolute atomic E-state index is 0.00659. The molecule has 2 aromatic rings. The number of para-hydroxylation sites is 1. The molecule has 0 saturated carbocycles. The molecular weight excluding hydrogens is 284 g/mol. The molecule has 1 aromatic carbocycles. The highest BCUT2D eigenvalue weighted by Gasteiger charge is 2.22. The SMILES string of the molecule is CCCNC(=O)N1CCN(c2cccc3[nH]c(=O)oc23)CC1. The summed E-state index contributed by atoms with van der Waals surface area (Å²) in [6.07, 6.45) is 0.931. The highest BCUT2D eigenvalue weighted by Crippen LogP contribution is 2.25. The lowest BCUT2D eigenvalue weighted by Crippen LogP contribution is -2.52. The predicted octanol–water partition coefficient (Wildman–Crippen LogP) is 1.36. The number of nitrogens with zero attached hydrogens (tertiary/aromatic N) is 2. The van der Waals surface area contributed by atoms with E-state index < -0.39 is 5.76 Å². The zero-order valence-electron chi connectivity index (χ0n) is 12.6. The highest BCUT2D eigenvalue weighted by molar-refractivity contribution is 5.86. The van der Waals surface area contributed by atoms with E-state index in [1.165, 1.54) is 0 Å². The molecule has 22 heavy (non-hydrogen) atoms. The number of carbonyl (C=O) groups is 1. The first-order chi connectivity index (χ1) is 10.7. The molecule has 0 bridgehead atoms. The number of aromatic amines is 1. The minimum Gasteiger partial charge on any atom is -0.406 e. The van der Waals surface area contributed by atoms with Gasteiger partial charge in [0.15, 0.2) is 5.58 Å². The molecule has 2 N–H and O–H groups in total. The number of urea groups is 1. The van der Waals surface area contributed by atoms with Crippen LogP contribution in [0.2, 0.25) is 0 Å². The number of amides is 2. The number of benzene rings is 1. The zero-order chi connectivity index (χ0) is 15.5.